The molecule has 0 spiro atoms. The molecular weight excluding hydrogens is 509 g/mol. The van der Waals surface area contributed by atoms with E-state index in [-0.39, 0.29) is 36.2 Å². The molecule has 1 fully saturated rings. The predicted molar refractivity (Wildman–Crippen MR) is 136 cm³/mol. The van der Waals surface area contributed by atoms with Gasteiger partial charge in [0.25, 0.3) is 0 Å². The van der Waals surface area contributed by atoms with E-state index < -0.39 is 0 Å². The van der Waals surface area contributed by atoms with E-state index in [9.17, 15) is 0 Å². The first-order chi connectivity index (χ1) is 13.9. The molecule has 1 aliphatic heterocycles. The number of aliphatic imine (C=N–C) groups is 1. The zero-order chi connectivity index (χ0) is 20.8. The summed E-state index contributed by atoms with van der Waals surface area (Å²) < 4.78 is 5.87. The Hall–Kier alpha value is -1.23. The van der Waals surface area contributed by atoms with Crippen molar-refractivity contribution in [1.82, 2.24) is 20.5 Å². The lowest BCUT2D eigenvalue weighted by molar-refractivity contribution is -0.0705. The fraction of sp³-hybridized carbons (Fsp3) is 0.545. The molecule has 2 N–H and O–H groups in total. The standard InChI is InChI=1S/C22H33N5OS.HI/c1-15-12-27(13-16(2)28-15)14-20-9-7-6-8-19(20)10-24-22(23-5)25-11-21-26-17(3)18(4)29-21;/h6-9,15-16H,10-14H2,1-5H3,(H2,23,24,25);1H. The molecular formula is C22H34IN5OS. The second kappa shape index (κ2) is 12.0. The predicted octanol–water partition coefficient (Wildman–Crippen LogP) is 3.85. The number of morpholine rings is 1. The average molecular weight is 544 g/mol. The number of rotatable bonds is 6. The molecule has 2 heterocycles. The number of benzene rings is 1. The Morgan fingerprint density at radius 2 is 1.77 bits per heavy atom. The molecule has 30 heavy (non-hydrogen) atoms. The SMILES string of the molecule is CN=C(NCc1nc(C)c(C)s1)NCc1ccccc1CN1CC(C)OC(C)C1.I. The summed E-state index contributed by atoms with van der Waals surface area (Å²) in [5, 5.41) is 7.90. The van der Waals surface area contributed by atoms with E-state index in [1.807, 2.05) is 0 Å². The van der Waals surface area contributed by atoms with Crippen molar-refractivity contribution >= 4 is 41.3 Å². The number of ether oxygens (including phenoxy) is 1. The van der Waals surface area contributed by atoms with E-state index in [0.29, 0.717) is 6.54 Å². The second-order valence-electron chi connectivity index (χ2n) is 7.75. The van der Waals surface area contributed by atoms with Gasteiger partial charge in [0, 0.05) is 38.1 Å². The van der Waals surface area contributed by atoms with Gasteiger partial charge in [-0.1, -0.05) is 24.3 Å². The van der Waals surface area contributed by atoms with Crippen LogP contribution in [-0.2, 0) is 24.4 Å². The Morgan fingerprint density at radius 3 is 2.37 bits per heavy atom. The van der Waals surface area contributed by atoms with Crippen molar-refractivity contribution in [3.8, 4) is 0 Å². The molecule has 1 aromatic carbocycles. The molecule has 166 valence electrons. The first kappa shape index (κ1) is 25.0. The molecule has 8 heteroatoms. The van der Waals surface area contributed by atoms with Crippen molar-refractivity contribution in [3.63, 3.8) is 0 Å². The molecule has 2 unspecified atom stereocenters. The summed E-state index contributed by atoms with van der Waals surface area (Å²) in [6.45, 7) is 12.8. The maximum absolute atomic E-state index is 5.87. The summed E-state index contributed by atoms with van der Waals surface area (Å²) in [4.78, 5) is 12.7. The number of nitrogens with one attached hydrogen (secondary N) is 2. The number of guanidine groups is 1. The number of thiazole rings is 1. The highest BCUT2D eigenvalue weighted by Crippen LogP contribution is 2.17. The van der Waals surface area contributed by atoms with E-state index in [0.717, 1.165) is 42.8 Å². The minimum Gasteiger partial charge on any atom is -0.373 e. The third-order valence-electron chi connectivity index (χ3n) is 5.16. The summed E-state index contributed by atoms with van der Waals surface area (Å²) in [6.07, 6.45) is 0.565. The van der Waals surface area contributed by atoms with Crippen LogP contribution >= 0.6 is 35.3 Å². The van der Waals surface area contributed by atoms with E-state index >= 15 is 0 Å². The quantitative estimate of drug-likeness (QED) is 0.330. The largest absolute Gasteiger partial charge is 0.373 e. The van der Waals surface area contributed by atoms with E-state index in [2.05, 4.69) is 77.5 Å². The Balaban J connectivity index is 0.00000320. The maximum Gasteiger partial charge on any atom is 0.191 e. The average Bonchev–Trinajstić information content (AvgIpc) is 3.00. The van der Waals surface area contributed by atoms with Gasteiger partial charge in [0.2, 0.25) is 0 Å². The molecule has 6 nitrogen and oxygen atoms in total. The molecule has 3 rings (SSSR count). The number of halogens is 1. The summed E-state index contributed by atoms with van der Waals surface area (Å²) in [5.41, 5.74) is 3.75. The summed E-state index contributed by atoms with van der Waals surface area (Å²) >= 11 is 1.73. The monoisotopic (exact) mass is 543 g/mol. The summed E-state index contributed by atoms with van der Waals surface area (Å²) in [6, 6.07) is 8.63. The minimum atomic E-state index is 0. The van der Waals surface area contributed by atoms with Crippen LogP contribution < -0.4 is 10.6 Å². The molecule has 0 aliphatic carbocycles. The van der Waals surface area contributed by atoms with Gasteiger partial charge < -0.3 is 15.4 Å². The molecule has 0 saturated carbocycles. The zero-order valence-corrected chi connectivity index (χ0v) is 21.7. The van der Waals surface area contributed by atoms with E-state index in [4.69, 9.17) is 4.74 Å². The first-order valence-electron chi connectivity index (χ1n) is 10.3. The molecule has 1 saturated heterocycles. The van der Waals surface area contributed by atoms with Crippen LogP contribution in [-0.4, -0.2) is 48.2 Å². The molecule has 0 radical (unpaired) electrons. The Labute approximate surface area is 201 Å². The van der Waals surface area contributed by atoms with Crippen LogP contribution in [0.25, 0.3) is 0 Å². The number of hydrogen-bond acceptors (Lipinski definition) is 5. The smallest absolute Gasteiger partial charge is 0.191 e. The second-order valence-corrected chi connectivity index (χ2v) is 9.04. The van der Waals surface area contributed by atoms with Crippen LogP contribution in [0.3, 0.4) is 0 Å². The Morgan fingerprint density at radius 1 is 1.13 bits per heavy atom. The summed E-state index contributed by atoms with van der Waals surface area (Å²) in [5.74, 6) is 0.791. The van der Waals surface area contributed by atoms with Crippen molar-refractivity contribution in [2.75, 3.05) is 20.1 Å². The van der Waals surface area contributed by atoms with Gasteiger partial charge in [-0.3, -0.25) is 9.89 Å². The van der Waals surface area contributed by atoms with E-state index in [1.54, 1.807) is 18.4 Å². The van der Waals surface area contributed by atoms with Crippen LogP contribution in [0.2, 0.25) is 0 Å². The lowest BCUT2D eigenvalue weighted by Gasteiger charge is -2.35. The van der Waals surface area contributed by atoms with Gasteiger partial charge >= 0.3 is 0 Å². The van der Waals surface area contributed by atoms with Gasteiger partial charge in [0.1, 0.15) is 5.01 Å². The van der Waals surface area contributed by atoms with Crippen LogP contribution in [0.4, 0.5) is 0 Å². The summed E-state index contributed by atoms with van der Waals surface area (Å²) in [7, 11) is 1.80. The highest BCUT2D eigenvalue weighted by atomic mass is 127. The van der Waals surface area contributed by atoms with Gasteiger partial charge in [-0.15, -0.1) is 35.3 Å². The van der Waals surface area contributed by atoms with Gasteiger partial charge in [0.05, 0.1) is 24.4 Å². The first-order valence-corrected chi connectivity index (χ1v) is 11.1. The van der Waals surface area contributed by atoms with Crippen LogP contribution in [0.15, 0.2) is 29.3 Å². The minimum absolute atomic E-state index is 0. The van der Waals surface area contributed by atoms with Gasteiger partial charge in [-0.05, 0) is 38.8 Å². The van der Waals surface area contributed by atoms with Crippen molar-refractivity contribution in [1.29, 1.82) is 0 Å². The molecule has 2 atom stereocenters. The lowest BCUT2D eigenvalue weighted by Crippen LogP contribution is -2.45. The van der Waals surface area contributed by atoms with Crippen molar-refractivity contribution in [3.05, 3.63) is 51.0 Å². The number of aromatic nitrogens is 1. The van der Waals surface area contributed by atoms with Crippen molar-refractivity contribution in [2.24, 2.45) is 4.99 Å². The zero-order valence-electron chi connectivity index (χ0n) is 18.6. The third-order valence-corrected chi connectivity index (χ3v) is 6.23. The Kier molecular flexibility index (Phi) is 9.99. The maximum atomic E-state index is 5.87. The third kappa shape index (κ3) is 7.18. The molecule has 1 aliphatic rings. The van der Waals surface area contributed by atoms with Crippen LogP contribution in [0, 0.1) is 13.8 Å². The van der Waals surface area contributed by atoms with Gasteiger partial charge in [-0.2, -0.15) is 0 Å². The molecule has 2 aromatic rings. The Bertz CT molecular complexity index is 811. The number of hydrogen-bond donors (Lipinski definition) is 2. The van der Waals surface area contributed by atoms with Crippen molar-refractivity contribution < 1.29 is 4.74 Å². The fourth-order valence-electron chi connectivity index (χ4n) is 3.71. The number of nitrogens with zero attached hydrogens (tertiary/aromatic N) is 3. The van der Waals surface area contributed by atoms with Gasteiger partial charge in [-0.25, -0.2) is 4.98 Å². The molecule has 0 amide bonds. The highest BCUT2D eigenvalue weighted by molar-refractivity contribution is 14.0. The van der Waals surface area contributed by atoms with Gasteiger partial charge in [0.15, 0.2) is 5.96 Å². The topological polar surface area (TPSA) is 61.8 Å². The number of aryl methyl sites for hydroxylation is 2. The highest BCUT2D eigenvalue weighted by Gasteiger charge is 2.22. The normalized spacial score (nSPS) is 20.0. The molecule has 1 aromatic heterocycles. The lowest BCUT2D eigenvalue weighted by atomic mass is 10.1. The van der Waals surface area contributed by atoms with E-state index in [1.165, 1.54) is 16.0 Å². The van der Waals surface area contributed by atoms with Crippen LogP contribution in [0.5, 0.6) is 0 Å². The molecule has 0 bridgehead atoms. The fourth-order valence-corrected chi connectivity index (χ4v) is 4.59. The van der Waals surface area contributed by atoms with Crippen molar-refractivity contribution in [2.45, 2.75) is 59.5 Å². The van der Waals surface area contributed by atoms with Crippen LogP contribution in [0.1, 0.15) is 40.6 Å².